The second-order valence-electron chi connectivity index (χ2n) is 28.3. The number of anilines is 6. The molecule has 576 valence electrons. The summed E-state index contributed by atoms with van der Waals surface area (Å²) >= 11 is 19.3. The van der Waals surface area contributed by atoms with Crippen LogP contribution in [-0.4, -0.2) is 136 Å². The molecule has 26 heteroatoms. The molecule has 0 aromatic heterocycles. The predicted molar refractivity (Wildman–Crippen MR) is 458 cm³/mol. The number of piperidine rings is 3. The van der Waals surface area contributed by atoms with E-state index in [0.29, 0.717) is 32.0 Å². The molecule has 3 heterocycles. The first-order chi connectivity index (χ1) is 48.8. The van der Waals surface area contributed by atoms with Gasteiger partial charge in [-0.3, -0.25) is 24.0 Å². The molecule has 3 amide bonds. The van der Waals surface area contributed by atoms with Crippen molar-refractivity contribution >= 4 is 160 Å². The lowest BCUT2D eigenvalue weighted by Crippen LogP contribution is -2.48. The van der Waals surface area contributed by atoms with Gasteiger partial charge in [-0.05, 0) is 424 Å². The number of nitrogen functional groups attached to an aromatic ring is 2. The summed E-state index contributed by atoms with van der Waals surface area (Å²) in [5.74, 6) is -0.778. The first kappa shape index (κ1) is 95.5. The molecule has 0 saturated carbocycles. The van der Waals surface area contributed by atoms with Crippen LogP contribution in [0, 0.1) is 101 Å². The van der Waals surface area contributed by atoms with E-state index in [2.05, 4.69) is 187 Å². The van der Waals surface area contributed by atoms with E-state index >= 15 is 0 Å². The summed E-state index contributed by atoms with van der Waals surface area (Å²) in [5.41, 5.74) is 31.6. The maximum atomic E-state index is 13.2. The molecule has 3 aliphatic heterocycles. The molecule has 18 nitrogen and oxygen atoms in total. The quantitative estimate of drug-likeness (QED) is 0.0313. The van der Waals surface area contributed by atoms with Gasteiger partial charge in [0, 0.05) is 78.4 Å². The summed E-state index contributed by atoms with van der Waals surface area (Å²) < 4.78 is 4.01. The monoisotopic (exact) mass is 1720 g/mol. The number of carbonyl (C=O) groups is 5. The zero-order valence-electron chi connectivity index (χ0n) is 65.9. The Balaban J connectivity index is 0.000000416. The maximum Gasteiger partial charge on any atom is 0.376 e. The van der Waals surface area contributed by atoms with Crippen LogP contribution >= 0.6 is 75.3 Å². The van der Waals surface area contributed by atoms with Crippen molar-refractivity contribution in [2.75, 3.05) is 71.6 Å². The molecule has 3 saturated heterocycles. The third-order valence-corrected chi connectivity index (χ3v) is 21.6. The molecule has 105 heavy (non-hydrogen) atoms. The number of carboxylic acids is 1. The highest BCUT2D eigenvalue weighted by Crippen LogP contribution is 2.35. The molecule has 6 aromatic rings. The van der Waals surface area contributed by atoms with E-state index in [1.807, 2.05) is 108 Å². The van der Waals surface area contributed by atoms with Crippen LogP contribution in [0.5, 0.6) is 0 Å². The highest BCUT2D eigenvalue weighted by atomic mass is 79.9. The van der Waals surface area contributed by atoms with Crippen molar-refractivity contribution < 1.29 is 44.2 Å². The summed E-state index contributed by atoms with van der Waals surface area (Å²) in [6.45, 7) is 45.9. The van der Waals surface area contributed by atoms with Crippen LogP contribution in [0.2, 0.25) is 20.5 Å². The van der Waals surface area contributed by atoms with Crippen LogP contribution < -0.4 is 32.3 Å². The number of amides is 3. The van der Waals surface area contributed by atoms with Gasteiger partial charge in [-0.1, -0.05) is 12.1 Å². The third-order valence-electron chi connectivity index (χ3n) is 18.7. The summed E-state index contributed by atoms with van der Waals surface area (Å²) in [6, 6.07) is 28.9. The molecular formula is C79H117B3Br4ClN9O9. The molecule has 0 aliphatic carbocycles. The smallest absolute Gasteiger partial charge is 0.376 e. The molecule has 0 spiro atoms. The third kappa shape index (κ3) is 34.7. The van der Waals surface area contributed by atoms with Crippen molar-refractivity contribution in [2.24, 2.45) is 17.8 Å². The minimum Gasteiger partial charge on any atom is -0.481 e. The van der Waals surface area contributed by atoms with E-state index in [1.165, 1.54) is 86.3 Å². The molecule has 11 N–H and O–H groups in total. The van der Waals surface area contributed by atoms with E-state index in [-0.39, 0.29) is 46.8 Å². The minimum atomic E-state index is -0.708. The zero-order chi connectivity index (χ0) is 80.0. The van der Waals surface area contributed by atoms with Gasteiger partial charge in [-0.15, -0.1) is 0 Å². The number of carboxylic acid groups (broad SMARTS) is 1. The van der Waals surface area contributed by atoms with Crippen LogP contribution in [0.4, 0.5) is 34.1 Å². The van der Waals surface area contributed by atoms with Gasteiger partial charge in [0.25, 0.3) is 0 Å². The number of hydrogen-bond donors (Lipinski definition) is 9. The van der Waals surface area contributed by atoms with E-state index in [0.717, 1.165) is 98.2 Å². The molecule has 3 fully saturated rings. The number of aliphatic carboxylic acids is 1. The number of hydrogen-bond acceptors (Lipinski definition) is 14. The fourth-order valence-corrected chi connectivity index (χ4v) is 13.7. The number of aryl methyl sites for hydroxylation is 12. The zero-order valence-corrected chi connectivity index (χ0v) is 73.0. The fourth-order valence-electron chi connectivity index (χ4n) is 11.2. The van der Waals surface area contributed by atoms with Gasteiger partial charge in [-0.2, -0.15) is 0 Å². The average molecular weight is 1720 g/mol. The lowest BCUT2D eigenvalue weighted by atomic mass is 9.80. The van der Waals surface area contributed by atoms with Crippen LogP contribution in [0.25, 0.3) is 0 Å². The Hall–Kier alpha value is -5.57. The van der Waals surface area contributed by atoms with Gasteiger partial charge < -0.3 is 66.9 Å². The number of rotatable bonds is 12. The van der Waals surface area contributed by atoms with Crippen LogP contribution in [0.3, 0.4) is 0 Å². The van der Waals surface area contributed by atoms with Gasteiger partial charge in [-0.25, -0.2) is 0 Å². The van der Waals surface area contributed by atoms with E-state index in [1.54, 1.807) is 20.5 Å². The molecular weight excluding hydrogens is 1610 g/mol. The Morgan fingerprint density at radius 2 is 0.819 bits per heavy atom. The normalized spacial score (nSPS) is 13.9. The van der Waals surface area contributed by atoms with Crippen LogP contribution in [-0.2, 0) is 24.0 Å². The number of nitrogens with zero attached hydrogens (tertiary/aromatic N) is 4. The summed E-state index contributed by atoms with van der Waals surface area (Å²) in [7, 11) is -1.28. The second-order valence-corrected chi connectivity index (χ2v) is 32.0. The van der Waals surface area contributed by atoms with Crippen molar-refractivity contribution in [1.29, 1.82) is 0 Å². The van der Waals surface area contributed by atoms with E-state index < -0.39 is 27.1 Å². The van der Waals surface area contributed by atoms with Gasteiger partial charge in [0.1, 0.15) is 0 Å². The predicted octanol–water partition coefficient (Wildman–Crippen LogP) is 17.8. The Kier molecular flexibility index (Phi) is 43.1. The number of carbonyl (C=O) groups excluding carboxylic acids is 4. The van der Waals surface area contributed by atoms with Gasteiger partial charge in [0.15, 0.2) is 0 Å². The van der Waals surface area contributed by atoms with Gasteiger partial charge in [0.2, 0.25) is 23.0 Å². The molecule has 0 atom stereocenters. The Bertz CT molecular complexity index is 3700. The van der Waals surface area contributed by atoms with Crippen molar-refractivity contribution in [2.45, 2.75) is 196 Å². The van der Waals surface area contributed by atoms with Crippen LogP contribution in [0.1, 0.15) is 147 Å². The molecule has 6 aromatic carbocycles. The van der Waals surface area contributed by atoms with Gasteiger partial charge in [0.05, 0.1) is 17.3 Å². The first-order valence-corrected chi connectivity index (χ1v) is 39.5. The van der Waals surface area contributed by atoms with E-state index in [4.69, 9.17) is 28.2 Å². The van der Waals surface area contributed by atoms with Crippen molar-refractivity contribution in [1.82, 2.24) is 14.4 Å². The van der Waals surface area contributed by atoms with Crippen LogP contribution in [0.15, 0.2) is 103 Å². The minimum absolute atomic E-state index is 0.00154. The molecule has 3 aliphatic rings. The summed E-state index contributed by atoms with van der Waals surface area (Å²) in [4.78, 5) is 63.8. The highest BCUT2D eigenvalue weighted by Gasteiger charge is 2.34. The number of nitrogens with two attached hydrogens (primary N) is 2. The Morgan fingerprint density at radius 3 is 1.19 bits per heavy atom. The molecule has 0 bridgehead atoms. The van der Waals surface area contributed by atoms with Crippen molar-refractivity contribution in [3.8, 4) is 0 Å². The highest BCUT2D eigenvalue weighted by molar-refractivity contribution is 9.11. The number of benzene rings is 6. The van der Waals surface area contributed by atoms with E-state index in [9.17, 15) is 39.0 Å². The van der Waals surface area contributed by atoms with Gasteiger partial charge >= 0.3 is 27.1 Å². The SMILES string of the molecule is CB(O)N1CCC(C(=O)Cl)CC1.CB(O)N1CCC(C(=O)N(c2cc(C)c(C)cc2Br)C(C)C)CC1.CB(O)N1CCC(C(=O)O)CC1.CC(=O)Nc1cc(C)c(C)cc1Br.CC(=O)Nc1ccc(C)c(C)c1.Cc1cc(Br)c(NC(C)C)cc1C.Cc1cc(N)c(Br)cc1C.Cc1ccc(N)cc1C. The summed E-state index contributed by atoms with van der Waals surface area (Å²) in [6.07, 6.45) is 4.45. The Morgan fingerprint density at radius 1 is 0.467 bits per heavy atom. The second kappa shape index (κ2) is 47.4. The largest absolute Gasteiger partial charge is 0.481 e. The first-order valence-electron chi connectivity index (χ1n) is 35.9. The lowest BCUT2D eigenvalue weighted by Gasteiger charge is -2.36. The maximum absolute atomic E-state index is 13.2. The molecule has 0 unspecified atom stereocenters. The molecule has 9 rings (SSSR count). The number of halogens is 5. The average Bonchev–Trinajstić information content (AvgIpc) is 0.797. The Labute approximate surface area is 667 Å². The topological polar surface area (TPSA) is 267 Å². The number of nitrogens with one attached hydrogen (secondary N) is 3. The summed E-state index contributed by atoms with van der Waals surface area (Å²) in [5, 5.41) is 45.4. The van der Waals surface area contributed by atoms with Crippen molar-refractivity contribution in [3.05, 3.63) is 170 Å². The molecule has 0 radical (unpaired) electrons. The van der Waals surface area contributed by atoms with Crippen molar-refractivity contribution in [3.63, 3.8) is 0 Å². The fraction of sp³-hybridized carbons (Fsp3) is 0.481. The standard InChI is InChI=1S/C18H28BBrN2O2.C11H16BrN.C10H12BrNO.C10H13NO.C8H10BrN.C8H11N.C7H13BClNO2.C7H14BNO3/c1-12(2)22(17-11-14(4)13(3)10-16(17)20)18(23)15-6-8-21(9-7-15)19(5)24;1-7(2)13-11-6-9(4)8(3)5-10(11)12;1-6-4-9(11)10(5-7(6)2)12-8(3)13;1-7-4-5-10(6-8(7)2)11-9(3)12;1-5-3-7(9)8(10)4-6(5)2;1-6-3-4-8(9)5-7(6)2;1-8(12)10-4-2-6(3-5-10)7(9)11;1-8(12)9-4-2-6(3-5-9)7(10)11/h10-12,15,24H,6-9H2,1-5H3;5-7,13H,1-4H3;4-5H,1-3H3,(H,12,13);4-6H,1-3H3,(H,11,12);3-4H,10H2,1-2H3;3-5H,9H2,1-2H3;6,12H,2-5H2,1H3;6,12H,2-5H2,1H3,(H,10,11). The lowest BCUT2D eigenvalue weighted by molar-refractivity contribution is -0.143.